The van der Waals surface area contributed by atoms with Gasteiger partial charge in [-0.15, -0.1) is 13.2 Å². The molecule has 2 aromatic carbocycles. The number of ketones is 1. The highest BCUT2D eigenvalue weighted by molar-refractivity contribution is 5.79. The van der Waals surface area contributed by atoms with Gasteiger partial charge in [-0.2, -0.15) is 0 Å². The van der Waals surface area contributed by atoms with Crippen LogP contribution in [0.4, 0.5) is 13.2 Å². The first-order valence-electron chi connectivity index (χ1n) is 11.7. The molecule has 192 valence electrons. The van der Waals surface area contributed by atoms with Crippen LogP contribution >= 0.6 is 0 Å². The smallest absolute Gasteiger partial charge is 0.509 e. The maximum Gasteiger partial charge on any atom is 0.573 e. The topological polar surface area (TPSA) is 46.5 Å². The number of hydrogen-bond acceptors (Lipinski definition) is 3. The summed E-state index contributed by atoms with van der Waals surface area (Å²) in [5, 5.41) is 9.28. The SMILES string of the molecule is C=C(O)/C=C/c1ccc(OC(F)(F)F)c(-c2cc(C)c(C(C)(C)CC(C)=O)cc2C)c1.CCCC. The number of alkyl halides is 3. The number of Topliss-reactive ketones (excluding diaryl/α,β-unsaturated/α-hetero) is 1. The van der Waals surface area contributed by atoms with Crippen molar-refractivity contribution in [2.24, 2.45) is 0 Å². The number of benzene rings is 2. The van der Waals surface area contributed by atoms with Crippen LogP contribution in [0.5, 0.6) is 5.75 Å². The molecule has 1 N–H and O–H groups in total. The van der Waals surface area contributed by atoms with Crippen molar-refractivity contribution in [2.75, 3.05) is 0 Å². The maximum absolute atomic E-state index is 13.0. The Morgan fingerprint density at radius 1 is 1.03 bits per heavy atom. The predicted molar refractivity (Wildman–Crippen MR) is 138 cm³/mol. The highest BCUT2D eigenvalue weighted by Crippen LogP contribution is 2.40. The standard InChI is InChI=1S/C25H27F3O3.C4H10/c1-15-12-22(24(5,6)14-18(4)30)16(2)11-20(15)21-13-19(8-7-17(3)29)9-10-23(21)31-25(26,27)28;1-3-4-2/h7-13,29H,3,14H2,1-2,4-6H3;3-4H2,1-2H3/b8-7+;. The first-order valence-corrected chi connectivity index (χ1v) is 11.7. The molecule has 2 aromatic rings. The summed E-state index contributed by atoms with van der Waals surface area (Å²) in [6.07, 6.45) is 1.07. The third-order valence-corrected chi connectivity index (χ3v) is 5.48. The van der Waals surface area contributed by atoms with Gasteiger partial charge in [0.05, 0.1) is 0 Å². The zero-order valence-electron chi connectivity index (χ0n) is 21.8. The van der Waals surface area contributed by atoms with Crippen LogP contribution in [0.2, 0.25) is 0 Å². The predicted octanol–water partition coefficient (Wildman–Crippen LogP) is 9.02. The number of halogens is 3. The second kappa shape index (κ2) is 12.6. The van der Waals surface area contributed by atoms with E-state index in [1.165, 1.54) is 31.1 Å². The van der Waals surface area contributed by atoms with Gasteiger partial charge in [0.1, 0.15) is 17.3 Å². The molecule has 0 aliphatic heterocycles. The first kappa shape index (κ1) is 30.0. The van der Waals surface area contributed by atoms with Crippen molar-refractivity contribution < 1.29 is 27.8 Å². The lowest BCUT2D eigenvalue weighted by Gasteiger charge is -2.27. The average molecular weight is 491 g/mol. The molecule has 0 spiro atoms. The lowest BCUT2D eigenvalue weighted by atomic mass is 9.76. The summed E-state index contributed by atoms with van der Waals surface area (Å²) in [6.45, 7) is 16.9. The number of ether oxygens (including phenoxy) is 1. The normalized spacial score (nSPS) is 11.7. The molecule has 0 bridgehead atoms. The zero-order chi connectivity index (χ0) is 27.0. The van der Waals surface area contributed by atoms with E-state index in [2.05, 4.69) is 25.2 Å². The van der Waals surface area contributed by atoms with Crippen LogP contribution in [-0.2, 0) is 10.2 Å². The Bertz CT molecular complexity index is 1060. The van der Waals surface area contributed by atoms with Crippen LogP contribution in [0.3, 0.4) is 0 Å². The summed E-state index contributed by atoms with van der Waals surface area (Å²) in [5.74, 6) is -0.413. The summed E-state index contributed by atoms with van der Waals surface area (Å²) in [6, 6.07) is 8.04. The zero-order valence-corrected chi connectivity index (χ0v) is 21.8. The molecule has 0 heterocycles. The van der Waals surface area contributed by atoms with Crippen molar-refractivity contribution in [3.8, 4) is 16.9 Å². The van der Waals surface area contributed by atoms with Gasteiger partial charge in [-0.1, -0.05) is 71.4 Å². The summed E-state index contributed by atoms with van der Waals surface area (Å²) in [4.78, 5) is 11.7. The molecule has 6 heteroatoms. The van der Waals surface area contributed by atoms with E-state index >= 15 is 0 Å². The summed E-state index contributed by atoms with van der Waals surface area (Å²) in [7, 11) is 0. The van der Waals surface area contributed by atoms with E-state index in [0.717, 1.165) is 16.7 Å². The third-order valence-electron chi connectivity index (χ3n) is 5.48. The Morgan fingerprint density at radius 3 is 2.11 bits per heavy atom. The van der Waals surface area contributed by atoms with Gasteiger partial charge in [0.25, 0.3) is 0 Å². The van der Waals surface area contributed by atoms with Crippen molar-refractivity contribution >= 4 is 11.9 Å². The molecule has 0 fully saturated rings. The molecule has 0 amide bonds. The van der Waals surface area contributed by atoms with E-state index in [9.17, 15) is 23.1 Å². The molecular formula is C29H37F3O3. The summed E-state index contributed by atoms with van der Waals surface area (Å²) < 4.78 is 43.3. The minimum atomic E-state index is -4.84. The fraction of sp³-hybridized carbons (Fsp3) is 0.414. The van der Waals surface area contributed by atoms with Gasteiger partial charge in [-0.25, -0.2) is 0 Å². The minimum absolute atomic E-state index is 0.0666. The van der Waals surface area contributed by atoms with Crippen molar-refractivity contribution in [2.45, 2.75) is 79.5 Å². The average Bonchev–Trinajstić information content (AvgIpc) is 2.72. The van der Waals surface area contributed by atoms with Crippen molar-refractivity contribution in [3.05, 3.63) is 71.0 Å². The number of allylic oxidation sites excluding steroid dienone is 1. The lowest BCUT2D eigenvalue weighted by molar-refractivity contribution is -0.274. The molecule has 0 saturated heterocycles. The molecule has 2 rings (SSSR count). The fourth-order valence-corrected chi connectivity index (χ4v) is 3.82. The Morgan fingerprint density at radius 2 is 1.63 bits per heavy atom. The van der Waals surface area contributed by atoms with Gasteiger partial charge in [-0.3, -0.25) is 4.79 Å². The monoisotopic (exact) mass is 490 g/mol. The minimum Gasteiger partial charge on any atom is -0.509 e. The van der Waals surface area contributed by atoms with Crippen LogP contribution in [0.15, 0.2) is 48.7 Å². The highest BCUT2D eigenvalue weighted by atomic mass is 19.4. The number of rotatable bonds is 8. The van der Waals surface area contributed by atoms with Crippen LogP contribution in [0.25, 0.3) is 17.2 Å². The molecular weight excluding hydrogens is 453 g/mol. The van der Waals surface area contributed by atoms with Crippen molar-refractivity contribution in [3.63, 3.8) is 0 Å². The molecule has 3 nitrogen and oxygen atoms in total. The van der Waals surface area contributed by atoms with Crippen LogP contribution < -0.4 is 4.74 Å². The lowest BCUT2D eigenvalue weighted by Crippen LogP contribution is -2.22. The molecule has 0 atom stereocenters. The summed E-state index contributed by atoms with van der Waals surface area (Å²) >= 11 is 0. The van der Waals surface area contributed by atoms with Gasteiger partial charge in [0.15, 0.2) is 0 Å². The van der Waals surface area contributed by atoms with Crippen molar-refractivity contribution in [1.82, 2.24) is 0 Å². The largest absolute Gasteiger partial charge is 0.573 e. The Balaban J connectivity index is 0.00000142. The van der Waals surface area contributed by atoms with E-state index in [4.69, 9.17) is 0 Å². The van der Waals surface area contributed by atoms with E-state index in [1.807, 2.05) is 39.8 Å². The second-order valence-corrected chi connectivity index (χ2v) is 9.37. The molecule has 0 radical (unpaired) electrons. The fourth-order valence-electron chi connectivity index (χ4n) is 3.82. The van der Waals surface area contributed by atoms with Gasteiger partial charge in [-0.05, 0) is 72.2 Å². The number of carbonyl (C=O) groups excluding carboxylic acids is 1. The number of unbranched alkanes of at least 4 members (excludes halogenated alkanes) is 1. The molecule has 0 unspecified atom stereocenters. The molecule has 0 saturated carbocycles. The molecule has 35 heavy (non-hydrogen) atoms. The highest BCUT2D eigenvalue weighted by Gasteiger charge is 2.33. The van der Waals surface area contributed by atoms with Crippen LogP contribution in [-0.4, -0.2) is 17.3 Å². The van der Waals surface area contributed by atoms with Gasteiger partial charge < -0.3 is 9.84 Å². The molecule has 0 aromatic heterocycles. The Hall–Kier alpha value is -3.02. The number of aliphatic hydroxyl groups excluding tert-OH is 1. The second-order valence-electron chi connectivity index (χ2n) is 9.37. The maximum atomic E-state index is 13.0. The molecule has 0 aliphatic rings. The van der Waals surface area contributed by atoms with Crippen LogP contribution in [0, 0.1) is 13.8 Å². The number of hydrogen-bond donors (Lipinski definition) is 1. The van der Waals surface area contributed by atoms with Crippen LogP contribution in [0.1, 0.15) is 76.1 Å². The molecule has 0 aliphatic carbocycles. The van der Waals surface area contributed by atoms with Crippen molar-refractivity contribution in [1.29, 1.82) is 0 Å². The Kier molecular flexibility index (Phi) is 10.8. The van der Waals surface area contributed by atoms with Gasteiger partial charge >= 0.3 is 6.36 Å². The number of aryl methyl sites for hydroxylation is 2. The van der Waals surface area contributed by atoms with E-state index in [1.54, 1.807) is 19.1 Å². The van der Waals surface area contributed by atoms with E-state index < -0.39 is 11.8 Å². The Labute approximate surface area is 207 Å². The number of aliphatic hydroxyl groups is 1. The first-order chi connectivity index (χ1) is 16.1. The summed E-state index contributed by atoms with van der Waals surface area (Å²) in [5.41, 5.74) is 3.65. The van der Waals surface area contributed by atoms with E-state index in [-0.39, 0.29) is 22.9 Å². The van der Waals surface area contributed by atoms with E-state index in [0.29, 0.717) is 17.5 Å². The quantitative estimate of drug-likeness (QED) is 0.297. The van der Waals surface area contributed by atoms with Gasteiger partial charge in [0.2, 0.25) is 0 Å². The number of carbonyl (C=O) groups is 1. The third kappa shape index (κ3) is 9.63. The van der Waals surface area contributed by atoms with Gasteiger partial charge in [0, 0.05) is 12.0 Å².